The number of rotatable bonds is 35. The molecule has 0 aliphatic carbocycles. The van der Waals surface area contributed by atoms with Gasteiger partial charge in [-0.05, 0) is 19.3 Å². The molecule has 1 amide bonds. The number of carbonyl (C=O) groups is 1. The molecule has 5 nitrogen and oxygen atoms in total. The molecule has 0 aliphatic rings. The highest BCUT2D eigenvalue weighted by Gasteiger charge is 2.22. The van der Waals surface area contributed by atoms with Crippen LogP contribution in [0.3, 0.4) is 0 Å². The second-order valence-corrected chi connectivity index (χ2v) is 13.5. The van der Waals surface area contributed by atoms with E-state index in [1.165, 1.54) is 154 Å². The van der Waals surface area contributed by atoms with E-state index in [9.17, 15) is 20.1 Å². The molecule has 0 aromatic rings. The van der Waals surface area contributed by atoms with Crippen LogP contribution in [-0.4, -0.2) is 46.1 Å². The van der Waals surface area contributed by atoms with Crippen LogP contribution in [0.2, 0.25) is 0 Å². The van der Waals surface area contributed by atoms with Crippen LogP contribution in [0.5, 0.6) is 0 Å². The fourth-order valence-corrected chi connectivity index (χ4v) is 6.01. The first-order valence-corrected chi connectivity index (χ1v) is 19.5. The second-order valence-electron chi connectivity index (χ2n) is 13.5. The van der Waals surface area contributed by atoms with Crippen molar-refractivity contribution in [3.05, 3.63) is 12.2 Å². The Morgan fingerprint density at radius 2 is 0.886 bits per heavy atom. The molecule has 3 unspecified atom stereocenters. The molecule has 5 heteroatoms. The minimum absolute atomic E-state index is 0.359. The molecule has 0 aliphatic heterocycles. The standard InChI is InChI=1S/C39H77NO4/c1-3-5-7-9-11-13-15-17-19-20-22-23-25-27-29-31-33-37(42)36(35-41)40-39(44)38(43)34-32-30-28-26-24-21-18-16-14-12-10-8-6-4-2/h31,33,36-38,41-43H,3-30,32,34-35H2,1-2H3,(H,40,44)/b33-31+. The summed E-state index contributed by atoms with van der Waals surface area (Å²) < 4.78 is 0. The Morgan fingerprint density at radius 1 is 0.545 bits per heavy atom. The number of aliphatic hydroxyl groups excluding tert-OH is 3. The summed E-state index contributed by atoms with van der Waals surface area (Å²) in [5.74, 6) is -0.502. The SMILES string of the molecule is CCCCCCCCCCCCCCCC/C=C/C(O)C(CO)NC(=O)C(O)CCCCCCCCCCCCCCCC. The van der Waals surface area contributed by atoms with E-state index in [4.69, 9.17) is 0 Å². The molecule has 0 rings (SSSR count). The van der Waals surface area contributed by atoms with Gasteiger partial charge in [0.2, 0.25) is 5.91 Å². The number of hydrogen-bond acceptors (Lipinski definition) is 4. The van der Waals surface area contributed by atoms with Crippen LogP contribution in [0.4, 0.5) is 0 Å². The summed E-state index contributed by atoms with van der Waals surface area (Å²) in [5, 5.41) is 33.0. The Hall–Kier alpha value is -0.910. The molecule has 262 valence electrons. The van der Waals surface area contributed by atoms with Gasteiger partial charge in [-0.2, -0.15) is 0 Å². The quantitative estimate of drug-likeness (QED) is 0.0418. The monoisotopic (exact) mass is 624 g/mol. The van der Waals surface area contributed by atoms with E-state index in [-0.39, 0.29) is 6.61 Å². The summed E-state index contributed by atoms with van der Waals surface area (Å²) in [5.41, 5.74) is 0. The van der Waals surface area contributed by atoms with Crippen molar-refractivity contribution >= 4 is 5.91 Å². The Morgan fingerprint density at radius 3 is 1.25 bits per heavy atom. The van der Waals surface area contributed by atoms with E-state index in [0.29, 0.717) is 6.42 Å². The molecule has 0 aromatic carbocycles. The van der Waals surface area contributed by atoms with Crippen LogP contribution in [0.15, 0.2) is 12.2 Å². The maximum atomic E-state index is 12.4. The van der Waals surface area contributed by atoms with E-state index < -0.39 is 24.2 Å². The molecule has 44 heavy (non-hydrogen) atoms. The van der Waals surface area contributed by atoms with Crippen molar-refractivity contribution in [3.8, 4) is 0 Å². The summed E-state index contributed by atoms with van der Waals surface area (Å²) in [4.78, 5) is 12.4. The van der Waals surface area contributed by atoms with Crippen LogP contribution in [0.25, 0.3) is 0 Å². The van der Waals surface area contributed by atoms with Crippen molar-refractivity contribution in [1.29, 1.82) is 0 Å². The van der Waals surface area contributed by atoms with E-state index in [0.717, 1.165) is 32.1 Å². The van der Waals surface area contributed by atoms with E-state index in [2.05, 4.69) is 19.2 Å². The van der Waals surface area contributed by atoms with Crippen LogP contribution in [-0.2, 0) is 4.79 Å². The van der Waals surface area contributed by atoms with Crippen LogP contribution in [0.1, 0.15) is 206 Å². The van der Waals surface area contributed by atoms with Gasteiger partial charge < -0.3 is 20.6 Å². The molecule has 0 saturated carbocycles. The number of carbonyl (C=O) groups excluding carboxylic acids is 1. The Kier molecular flexibility index (Phi) is 34.2. The third-order valence-electron chi connectivity index (χ3n) is 9.13. The summed E-state index contributed by atoms with van der Waals surface area (Å²) in [6.07, 6.45) is 39.4. The molecule has 0 heterocycles. The van der Waals surface area contributed by atoms with E-state index >= 15 is 0 Å². The lowest BCUT2D eigenvalue weighted by Crippen LogP contribution is -2.48. The number of unbranched alkanes of at least 4 members (excludes halogenated alkanes) is 27. The second kappa shape index (κ2) is 35.0. The van der Waals surface area contributed by atoms with E-state index in [1.54, 1.807) is 6.08 Å². The normalized spacial score (nSPS) is 13.8. The van der Waals surface area contributed by atoms with Gasteiger partial charge in [-0.15, -0.1) is 0 Å². The lowest BCUT2D eigenvalue weighted by atomic mass is 10.0. The van der Waals surface area contributed by atoms with Gasteiger partial charge in [-0.1, -0.05) is 199 Å². The van der Waals surface area contributed by atoms with Crippen LogP contribution >= 0.6 is 0 Å². The summed E-state index contributed by atoms with van der Waals surface area (Å²) >= 11 is 0. The number of allylic oxidation sites excluding steroid dienone is 1. The first-order valence-electron chi connectivity index (χ1n) is 19.5. The van der Waals surface area contributed by atoms with Gasteiger partial charge in [-0.3, -0.25) is 4.79 Å². The molecule has 0 spiro atoms. The maximum Gasteiger partial charge on any atom is 0.249 e. The predicted molar refractivity (Wildman–Crippen MR) is 190 cm³/mol. The molecule has 0 saturated heterocycles. The third-order valence-corrected chi connectivity index (χ3v) is 9.13. The topological polar surface area (TPSA) is 89.8 Å². The van der Waals surface area contributed by atoms with Crippen LogP contribution in [0, 0.1) is 0 Å². The minimum atomic E-state index is -1.09. The zero-order chi connectivity index (χ0) is 32.4. The van der Waals surface area contributed by atoms with Gasteiger partial charge in [-0.25, -0.2) is 0 Å². The molecule has 0 radical (unpaired) electrons. The van der Waals surface area contributed by atoms with Crippen molar-refractivity contribution in [2.75, 3.05) is 6.61 Å². The molecule has 0 aromatic heterocycles. The zero-order valence-electron chi connectivity index (χ0n) is 29.6. The highest BCUT2D eigenvalue weighted by atomic mass is 16.3. The lowest BCUT2D eigenvalue weighted by molar-refractivity contribution is -0.131. The summed E-state index contributed by atoms with van der Waals surface area (Å²) in [7, 11) is 0. The van der Waals surface area contributed by atoms with Gasteiger partial charge in [0.25, 0.3) is 0 Å². The summed E-state index contributed by atoms with van der Waals surface area (Å²) in [6.45, 7) is 4.18. The van der Waals surface area contributed by atoms with Crippen molar-refractivity contribution < 1.29 is 20.1 Å². The third kappa shape index (κ3) is 29.8. The average Bonchev–Trinajstić information content (AvgIpc) is 3.03. The number of nitrogens with one attached hydrogen (secondary N) is 1. The van der Waals surface area contributed by atoms with Crippen molar-refractivity contribution in [1.82, 2.24) is 5.32 Å². The molecule has 3 atom stereocenters. The predicted octanol–water partition coefficient (Wildman–Crippen LogP) is 10.5. The Labute approximate surface area is 274 Å². The first kappa shape index (κ1) is 43.1. The number of aliphatic hydroxyl groups is 3. The average molecular weight is 624 g/mol. The van der Waals surface area contributed by atoms with Crippen LogP contribution < -0.4 is 5.32 Å². The number of hydrogen-bond donors (Lipinski definition) is 4. The van der Waals surface area contributed by atoms with Crippen molar-refractivity contribution in [2.45, 2.75) is 225 Å². The highest BCUT2D eigenvalue weighted by Crippen LogP contribution is 2.15. The molecule has 0 bridgehead atoms. The van der Waals surface area contributed by atoms with Gasteiger partial charge in [0.1, 0.15) is 6.10 Å². The van der Waals surface area contributed by atoms with Gasteiger partial charge in [0.15, 0.2) is 0 Å². The van der Waals surface area contributed by atoms with Crippen molar-refractivity contribution in [2.24, 2.45) is 0 Å². The molecular formula is C39H77NO4. The largest absolute Gasteiger partial charge is 0.394 e. The van der Waals surface area contributed by atoms with Gasteiger partial charge in [0, 0.05) is 0 Å². The maximum absolute atomic E-state index is 12.4. The van der Waals surface area contributed by atoms with Crippen molar-refractivity contribution in [3.63, 3.8) is 0 Å². The zero-order valence-corrected chi connectivity index (χ0v) is 29.6. The minimum Gasteiger partial charge on any atom is -0.394 e. The molecular weight excluding hydrogens is 546 g/mol. The Bertz CT molecular complexity index is 611. The molecule has 0 fully saturated rings. The van der Waals surface area contributed by atoms with Gasteiger partial charge in [0.05, 0.1) is 18.8 Å². The lowest BCUT2D eigenvalue weighted by Gasteiger charge is -2.21. The highest BCUT2D eigenvalue weighted by molar-refractivity contribution is 5.80. The number of amides is 1. The fraction of sp³-hybridized carbons (Fsp3) is 0.923. The van der Waals surface area contributed by atoms with Gasteiger partial charge >= 0.3 is 0 Å². The summed E-state index contributed by atoms with van der Waals surface area (Å²) in [6, 6.07) is -0.791. The Balaban J connectivity index is 3.70. The fourth-order valence-electron chi connectivity index (χ4n) is 6.01. The smallest absolute Gasteiger partial charge is 0.249 e. The van der Waals surface area contributed by atoms with E-state index in [1.807, 2.05) is 6.08 Å². The first-order chi connectivity index (χ1) is 21.6. The molecule has 4 N–H and O–H groups in total.